The molecule has 1 amide bonds. The van der Waals surface area contributed by atoms with Crippen molar-refractivity contribution in [2.75, 3.05) is 19.6 Å². The van der Waals surface area contributed by atoms with E-state index < -0.39 is 10.0 Å². The number of nitrogens with one attached hydrogen (secondary N) is 1. The second-order valence-corrected chi connectivity index (χ2v) is 10.6. The number of benzene rings is 2. The van der Waals surface area contributed by atoms with Crippen LogP contribution < -0.4 is 5.32 Å². The molecule has 0 radical (unpaired) electrons. The second-order valence-electron chi connectivity index (χ2n) is 8.62. The van der Waals surface area contributed by atoms with E-state index in [1.807, 2.05) is 39.0 Å². The Hall–Kier alpha value is -2.18. The fraction of sp³-hybridized carbons (Fsp3) is 0.458. The molecule has 3 rings (SSSR count). The molecule has 1 aliphatic rings. The van der Waals surface area contributed by atoms with Crippen molar-refractivity contribution in [3.8, 4) is 0 Å². The Labute approximate surface area is 180 Å². The van der Waals surface area contributed by atoms with Crippen LogP contribution in [0.5, 0.6) is 0 Å². The Morgan fingerprint density at radius 2 is 1.77 bits per heavy atom. The lowest BCUT2D eigenvalue weighted by atomic mass is 9.91. The Morgan fingerprint density at radius 1 is 1.10 bits per heavy atom. The summed E-state index contributed by atoms with van der Waals surface area (Å²) >= 11 is 0. The van der Waals surface area contributed by atoms with Crippen molar-refractivity contribution in [3.05, 3.63) is 65.2 Å². The molecule has 1 fully saturated rings. The molecule has 0 spiro atoms. The SMILES string of the molecule is Cc1ccc(S(=O)(=O)N2CCC(Cc3ccccc3)CC2)cc1C(=O)NCC(C)C. The van der Waals surface area contributed by atoms with E-state index in [2.05, 4.69) is 17.4 Å². The number of piperidine rings is 1. The highest BCUT2D eigenvalue weighted by Gasteiger charge is 2.30. The number of hydrogen-bond acceptors (Lipinski definition) is 3. The maximum Gasteiger partial charge on any atom is 0.251 e. The molecule has 0 unspecified atom stereocenters. The highest BCUT2D eigenvalue weighted by molar-refractivity contribution is 7.89. The van der Waals surface area contributed by atoms with Gasteiger partial charge < -0.3 is 5.32 Å². The topological polar surface area (TPSA) is 66.5 Å². The van der Waals surface area contributed by atoms with Crippen LogP contribution in [0.2, 0.25) is 0 Å². The van der Waals surface area contributed by atoms with Crippen molar-refractivity contribution in [3.63, 3.8) is 0 Å². The van der Waals surface area contributed by atoms with Gasteiger partial charge in [0.25, 0.3) is 5.91 Å². The molecule has 162 valence electrons. The minimum atomic E-state index is -3.61. The van der Waals surface area contributed by atoms with Gasteiger partial charge in [0.15, 0.2) is 0 Å². The average Bonchev–Trinajstić information content (AvgIpc) is 2.73. The summed E-state index contributed by atoms with van der Waals surface area (Å²) in [6.07, 6.45) is 2.68. The Bertz CT molecular complexity index is 963. The number of rotatable bonds is 7. The van der Waals surface area contributed by atoms with Gasteiger partial charge in [-0.3, -0.25) is 4.79 Å². The highest BCUT2D eigenvalue weighted by atomic mass is 32.2. The van der Waals surface area contributed by atoms with Gasteiger partial charge in [0.2, 0.25) is 10.0 Å². The van der Waals surface area contributed by atoms with Crippen LogP contribution in [0.3, 0.4) is 0 Å². The Balaban J connectivity index is 1.68. The van der Waals surface area contributed by atoms with Crippen molar-refractivity contribution < 1.29 is 13.2 Å². The van der Waals surface area contributed by atoms with Gasteiger partial charge in [-0.1, -0.05) is 50.2 Å². The largest absolute Gasteiger partial charge is 0.352 e. The van der Waals surface area contributed by atoms with E-state index in [1.54, 1.807) is 16.4 Å². The molecule has 30 heavy (non-hydrogen) atoms. The first-order valence-electron chi connectivity index (χ1n) is 10.7. The molecule has 1 N–H and O–H groups in total. The maximum absolute atomic E-state index is 13.2. The predicted octanol–water partition coefficient (Wildman–Crippen LogP) is 4.02. The van der Waals surface area contributed by atoms with Gasteiger partial charge in [0.05, 0.1) is 4.90 Å². The van der Waals surface area contributed by atoms with Crippen LogP contribution in [0.4, 0.5) is 0 Å². The average molecular weight is 429 g/mol. The monoisotopic (exact) mass is 428 g/mol. The van der Waals surface area contributed by atoms with Gasteiger partial charge in [-0.25, -0.2) is 8.42 Å². The van der Waals surface area contributed by atoms with E-state index in [-0.39, 0.29) is 10.8 Å². The number of sulfonamides is 1. The first-order valence-corrected chi connectivity index (χ1v) is 12.1. The van der Waals surface area contributed by atoms with E-state index in [4.69, 9.17) is 0 Å². The highest BCUT2D eigenvalue weighted by Crippen LogP contribution is 2.27. The third kappa shape index (κ3) is 5.49. The molecule has 0 aliphatic carbocycles. The second kappa shape index (κ2) is 9.75. The molecular formula is C24H32N2O3S. The fourth-order valence-electron chi connectivity index (χ4n) is 3.85. The minimum Gasteiger partial charge on any atom is -0.352 e. The molecule has 1 heterocycles. The number of carbonyl (C=O) groups excluding carboxylic acids is 1. The first kappa shape index (κ1) is 22.5. The summed E-state index contributed by atoms with van der Waals surface area (Å²) in [6.45, 7) is 7.47. The fourth-order valence-corrected chi connectivity index (χ4v) is 5.34. The van der Waals surface area contributed by atoms with Gasteiger partial charge in [0.1, 0.15) is 0 Å². The zero-order valence-electron chi connectivity index (χ0n) is 18.1. The van der Waals surface area contributed by atoms with E-state index in [9.17, 15) is 13.2 Å². The van der Waals surface area contributed by atoms with Crippen LogP contribution in [-0.4, -0.2) is 38.3 Å². The quantitative estimate of drug-likeness (QED) is 0.724. The summed E-state index contributed by atoms with van der Waals surface area (Å²) in [5.74, 6) is 0.604. The van der Waals surface area contributed by atoms with E-state index >= 15 is 0 Å². The lowest BCUT2D eigenvalue weighted by Crippen LogP contribution is -2.39. The lowest BCUT2D eigenvalue weighted by molar-refractivity contribution is 0.0948. The summed E-state index contributed by atoms with van der Waals surface area (Å²) in [6, 6.07) is 15.2. The summed E-state index contributed by atoms with van der Waals surface area (Å²) < 4.78 is 28.0. The van der Waals surface area contributed by atoms with Crippen LogP contribution in [0.15, 0.2) is 53.4 Å². The predicted molar refractivity (Wildman–Crippen MR) is 120 cm³/mol. The molecule has 1 aliphatic heterocycles. The van der Waals surface area contributed by atoms with Gasteiger partial charge >= 0.3 is 0 Å². The molecule has 0 saturated carbocycles. The van der Waals surface area contributed by atoms with Crippen molar-refractivity contribution in [1.29, 1.82) is 0 Å². The third-order valence-electron chi connectivity index (χ3n) is 5.70. The summed E-state index contributed by atoms with van der Waals surface area (Å²) in [7, 11) is -3.61. The Kier molecular flexibility index (Phi) is 7.32. The van der Waals surface area contributed by atoms with Gasteiger partial charge in [-0.15, -0.1) is 0 Å². The molecule has 2 aromatic carbocycles. The van der Waals surface area contributed by atoms with Crippen molar-refractivity contribution in [2.45, 2.75) is 44.9 Å². The zero-order valence-corrected chi connectivity index (χ0v) is 18.9. The molecule has 0 atom stereocenters. The third-order valence-corrected chi connectivity index (χ3v) is 7.60. The van der Waals surface area contributed by atoms with Gasteiger partial charge in [-0.2, -0.15) is 4.31 Å². The summed E-state index contributed by atoms with van der Waals surface area (Å²) in [5.41, 5.74) is 2.50. The van der Waals surface area contributed by atoms with Crippen LogP contribution in [0.1, 0.15) is 48.2 Å². The summed E-state index contributed by atoms with van der Waals surface area (Å²) in [4.78, 5) is 12.7. The molecule has 1 saturated heterocycles. The number of hydrogen-bond donors (Lipinski definition) is 1. The lowest BCUT2D eigenvalue weighted by Gasteiger charge is -2.31. The minimum absolute atomic E-state index is 0.198. The van der Waals surface area contributed by atoms with Crippen LogP contribution in [0.25, 0.3) is 0 Å². The number of aryl methyl sites for hydroxylation is 1. The van der Waals surface area contributed by atoms with E-state index in [1.165, 1.54) is 11.6 Å². The van der Waals surface area contributed by atoms with Crippen LogP contribution in [-0.2, 0) is 16.4 Å². The first-order chi connectivity index (χ1) is 14.3. The van der Waals surface area contributed by atoms with Gasteiger partial charge in [-0.05, 0) is 61.3 Å². The number of nitrogens with zero attached hydrogens (tertiary/aromatic N) is 1. The van der Waals surface area contributed by atoms with Crippen molar-refractivity contribution >= 4 is 15.9 Å². The van der Waals surface area contributed by atoms with Gasteiger partial charge in [0, 0.05) is 25.2 Å². The zero-order chi connectivity index (χ0) is 21.7. The number of carbonyl (C=O) groups is 1. The molecule has 0 bridgehead atoms. The Morgan fingerprint density at radius 3 is 2.40 bits per heavy atom. The number of amides is 1. The van der Waals surface area contributed by atoms with Crippen LogP contribution >= 0.6 is 0 Å². The molecule has 6 heteroatoms. The molecule has 2 aromatic rings. The summed E-state index contributed by atoms with van der Waals surface area (Å²) in [5, 5.41) is 2.88. The molecule has 5 nitrogen and oxygen atoms in total. The van der Waals surface area contributed by atoms with E-state index in [0.717, 1.165) is 24.8 Å². The standard InChI is InChI=1S/C24H32N2O3S/c1-18(2)17-25-24(27)23-16-22(10-9-19(23)3)30(28,29)26-13-11-21(12-14-26)15-20-7-5-4-6-8-20/h4-10,16,18,21H,11-15,17H2,1-3H3,(H,25,27). The molecular weight excluding hydrogens is 396 g/mol. The van der Waals surface area contributed by atoms with Crippen molar-refractivity contribution in [2.24, 2.45) is 11.8 Å². The maximum atomic E-state index is 13.2. The smallest absolute Gasteiger partial charge is 0.251 e. The van der Waals surface area contributed by atoms with Crippen LogP contribution in [0, 0.1) is 18.8 Å². The van der Waals surface area contributed by atoms with E-state index in [0.29, 0.717) is 37.0 Å². The normalized spacial score (nSPS) is 16.0. The molecule has 0 aromatic heterocycles. The van der Waals surface area contributed by atoms with Crippen molar-refractivity contribution in [1.82, 2.24) is 9.62 Å².